The zero-order valence-corrected chi connectivity index (χ0v) is 33.9. The highest BCUT2D eigenvalue weighted by Crippen LogP contribution is 2.33. The van der Waals surface area contributed by atoms with Gasteiger partial charge < -0.3 is 58.5 Å². The molecule has 2 heterocycles. The van der Waals surface area contributed by atoms with Crippen molar-refractivity contribution in [2.24, 2.45) is 17.6 Å². The van der Waals surface area contributed by atoms with Crippen LogP contribution in [0.25, 0.3) is 0 Å². The van der Waals surface area contributed by atoms with Gasteiger partial charge in [0.25, 0.3) is 0 Å². The third kappa shape index (κ3) is 17.8. The second kappa shape index (κ2) is 25.6. The molecule has 23 heteroatoms. The number of amides is 10. The number of urea groups is 1. The maximum absolute atomic E-state index is 12.9. The third-order valence-corrected chi connectivity index (χ3v) is 10.9. The van der Waals surface area contributed by atoms with Crippen LogP contribution in [-0.4, -0.2) is 142 Å². The number of aliphatic hydroxyl groups excluding tert-OH is 2. The fourth-order valence-electron chi connectivity index (χ4n) is 6.38. The molecule has 0 bridgehead atoms. The molecule has 10 amide bonds. The van der Waals surface area contributed by atoms with E-state index in [1.54, 1.807) is 13.8 Å². The summed E-state index contributed by atoms with van der Waals surface area (Å²) in [6.45, 7) is 2.95. The van der Waals surface area contributed by atoms with Crippen molar-refractivity contribution in [2.45, 2.75) is 120 Å². The normalized spacial score (nSPS) is 19.5. The summed E-state index contributed by atoms with van der Waals surface area (Å²) in [5.74, 6) is -6.27. The van der Waals surface area contributed by atoms with E-state index in [1.165, 1.54) is 12.4 Å². The molecule has 2 saturated heterocycles. The minimum Gasteiger partial charge on any atom is -0.394 e. The molecule has 0 spiro atoms. The number of fused-ring (bicyclic) bond motifs is 1. The number of nitrogens with one attached hydrogen (secondary N) is 9. The number of carbonyl (C=O) groups excluding carboxylic acids is 9. The van der Waals surface area contributed by atoms with E-state index in [1.807, 2.05) is 11.8 Å². The first kappa shape index (κ1) is 49.4. The summed E-state index contributed by atoms with van der Waals surface area (Å²) < 4.78 is 0. The van der Waals surface area contributed by atoms with Crippen molar-refractivity contribution >= 4 is 65.1 Å². The van der Waals surface area contributed by atoms with Crippen LogP contribution in [0, 0.1) is 11.8 Å². The van der Waals surface area contributed by atoms with E-state index >= 15 is 0 Å². The predicted molar refractivity (Wildman–Crippen MR) is 208 cm³/mol. The van der Waals surface area contributed by atoms with Gasteiger partial charge in [0, 0.05) is 36.3 Å². The van der Waals surface area contributed by atoms with Gasteiger partial charge in [0.1, 0.15) is 18.1 Å². The Hall–Kier alpha value is -4.74. The van der Waals surface area contributed by atoms with Crippen molar-refractivity contribution < 1.29 is 58.6 Å². The SMILES string of the molecule is CC(C)CC(CC(=O)NO)C(=O)N[C@@H](CO)C(=O)N[C@H](C(=O)NCC(=O)NCC(=O)N[C@@H](CCCCNC(=O)CCCC[C@@H]1SC[C@@H]2NC(=O)N[C@@H]21)C(N)=O)[C@@H](C)O. The van der Waals surface area contributed by atoms with E-state index in [4.69, 9.17) is 10.9 Å². The van der Waals surface area contributed by atoms with Crippen LogP contribution < -0.4 is 53.7 Å². The zero-order chi connectivity index (χ0) is 43.4. The number of unbranched alkanes of at least 4 members (excludes halogenated alkanes) is 2. The van der Waals surface area contributed by atoms with Crippen molar-refractivity contribution in [2.75, 3.05) is 32.0 Å². The van der Waals surface area contributed by atoms with Crippen molar-refractivity contribution in [1.82, 2.24) is 48.0 Å². The lowest BCUT2D eigenvalue weighted by molar-refractivity contribution is -0.138. The Morgan fingerprint density at radius 2 is 1.52 bits per heavy atom. The number of hydrogen-bond donors (Lipinski definition) is 13. The number of carbonyl (C=O) groups is 9. The van der Waals surface area contributed by atoms with Crippen molar-refractivity contribution in [3.63, 3.8) is 0 Å². The van der Waals surface area contributed by atoms with Gasteiger partial charge in [0.05, 0.1) is 37.9 Å². The maximum atomic E-state index is 12.9. The van der Waals surface area contributed by atoms with Crippen molar-refractivity contribution in [3.05, 3.63) is 0 Å². The van der Waals surface area contributed by atoms with Gasteiger partial charge >= 0.3 is 6.03 Å². The fourth-order valence-corrected chi connectivity index (χ4v) is 7.92. The Morgan fingerprint density at radius 1 is 0.810 bits per heavy atom. The van der Waals surface area contributed by atoms with Gasteiger partial charge in [-0.15, -0.1) is 0 Å². The first-order valence-electron chi connectivity index (χ1n) is 19.4. The van der Waals surface area contributed by atoms with Gasteiger partial charge in [-0.25, -0.2) is 10.3 Å². The molecule has 0 aromatic carbocycles. The van der Waals surface area contributed by atoms with Crippen LogP contribution in [0.4, 0.5) is 4.79 Å². The molecule has 2 fully saturated rings. The topological polar surface area (TPSA) is 349 Å². The number of primary amides is 1. The van der Waals surface area contributed by atoms with Crippen LogP contribution >= 0.6 is 11.8 Å². The van der Waals surface area contributed by atoms with Crippen LogP contribution in [-0.2, 0) is 38.4 Å². The second-order valence-corrected chi connectivity index (χ2v) is 16.0. The zero-order valence-electron chi connectivity index (χ0n) is 33.1. The summed E-state index contributed by atoms with van der Waals surface area (Å²) in [5.41, 5.74) is 6.87. The molecule has 58 heavy (non-hydrogen) atoms. The van der Waals surface area contributed by atoms with Crippen LogP contribution in [0.15, 0.2) is 0 Å². The third-order valence-electron chi connectivity index (χ3n) is 9.43. The standard InChI is InChI=1S/C35H60N10O12S/c1-18(2)12-20(13-26(49)45-57)32(53)41-22(16-46)33(54)43-29(19(3)47)34(55)39-14-27(50)38-15-28(51)40-21(31(36)52)8-6-7-11-37-25(48)10-5-4-9-24-30-23(17-58-24)42-35(56)44-30/h18-24,29-30,46-47,57H,4-17H2,1-3H3,(H2,36,52)(H,37,48)(H,38,50)(H,39,55)(H,40,51)(H,41,53)(H,43,54)(H,45,49)(H2,42,44,56)/t19-,20?,21+,22+,23+,24+,29+,30+/m1/s1. The highest BCUT2D eigenvalue weighted by atomic mass is 32.2. The van der Waals surface area contributed by atoms with Crippen LogP contribution in [0.5, 0.6) is 0 Å². The quantitative estimate of drug-likeness (QED) is 0.0163. The van der Waals surface area contributed by atoms with Gasteiger partial charge in [-0.05, 0) is 51.4 Å². The first-order valence-corrected chi connectivity index (χ1v) is 20.4. The molecule has 14 N–H and O–H groups in total. The van der Waals surface area contributed by atoms with Gasteiger partial charge in [-0.3, -0.25) is 43.6 Å². The van der Waals surface area contributed by atoms with Gasteiger partial charge in [-0.2, -0.15) is 11.8 Å². The Morgan fingerprint density at radius 3 is 2.16 bits per heavy atom. The molecule has 0 radical (unpaired) electrons. The van der Waals surface area contributed by atoms with Gasteiger partial charge in [-0.1, -0.05) is 20.3 Å². The van der Waals surface area contributed by atoms with Gasteiger partial charge in [0.2, 0.25) is 47.3 Å². The monoisotopic (exact) mass is 844 g/mol. The molecule has 0 aliphatic carbocycles. The van der Waals surface area contributed by atoms with Crippen molar-refractivity contribution in [1.29, 1.82) is 0 Å². The molecule has 0 aromatic rings. The Bertz CT molecular complexity index is 1450. The number of nitrogens with two attached hydrogens (primary N) is 1. The first-order chi connectivity index (χ1) is 27.4. The molecular formula is C35H60N10O12S. The Balaban J connectivity index is 1.68. The highest BCUT2D eigenvalue weighted by molar-refractivity contribution is 8.00. The van der Waals surface area contributed by atoms with Crippen LogP contribution in [0.2, 0.25) is 0 Å². The molecule has 1 unspecified atom stereocenters. The largest absolute Gasteiger partial charge is 0.394 e. The van der Waals surface area contributed by atoms with E-state index in [-0.39, 0.29) is 42.8 Å². The van der Waals surface area contributed by atoms with E-state index in [2.05, 4.69) is 42.5 Å². The number of thioether (sulfide) groups is 1. The van der Waals surface area contributed by atoms with Crippen molar-refractivity contribution in [3.8, 4) is 0 Å². The predicted octanol–water partition coefficient (Wildman–Crippen LogP) is -3.90. The highest BCUT2D eigenvalue weighted by Gasteiger charge is 2.42. The average molecular weight is 845 g/mol. The minimum atomic E-state index is -1.64. The average Bonchev–Trinajstić information content (AvgIpc) is 3.72. The Labute approximate surface area is 340 Å². The lowest BCUT2D eigenvalue weighted by atomic mass is 9.92. The lowest BCUT2D eigenvalue weighted by Crippen LogP contribution is -2.59. The summed E-state index contributed by atoms with van der Waals surface area (Å²) in [4.78, 5) is 111. The summed E-state index contributed by atoms with van der Waals surface area (Å²) in [6.07, 6.45) is 2.30. The lowest BCUT2D eigenvalue weighted by Gasteiger charge is -2.25. The number of hydrogen-bond acceptors (Lipinski definition) is 13. The molecule has 2 aliphatic heterocycles. The molecular weight excluding hydrogens is 785 g/mol. The summed E-state index contributed by atoms with van der Waals surface area (Å²) in [7, 11) is 0. The smallest absolute Gasteiger partial charge is 0.315 e. The molecule has 2 aliphatic rings. The summed E-state index contributed by atoms with van der Waals surface area (Å²) >= 11 is 1.83. The maximum Gasteiger partial charge on any atom is 0.315 e. The molecule has 8 atom stereocenters. The number of rotatable bonds is 27. The van der Waals surface area contributed by atoms with Crippen LogP contribution in [0.3, 0.4) is 0 Å². The number of aliphatic hydroxyl groups is 2. The van der Waals surface area contributed by atoms with Gasteiger partial charge in [0.15, 0.2) is 0 Å². The second-order valence-electron chi connectivity index (χ2n) is 14.8. The summed E-state index contributed by atoms with van der Waals surface area (Å²) in [6, 6.07) is -4.10. The van der Waals surface area contributed by atoms with E-state index in [0.29, 0.717) is 37.5 Å². The van der Waals surface area contributed by atoms with Crippen LogP contribution in [0.1, 0.15) is 78.6 Å². The molecule has 0 aromatic heterocycles. The summed E-state index contributed by atoms with van der Waals surface area (Å²) in [5, 5.41) is 49.2. The van der Waals surface area contributed by atoms with E-state index in [9.17, 15) is 53.4 Å². The molecule has 0 saturated carbocycles. The molecule has 328 valence electrons. The fraction of sp³-hybridized carbons (Fsp3) is 0.743. The molecule has 22 nitrogen and oxygen atoms in total. The molecule has 2 rings (SSSR count). The Kier molecular flexibility index (Phi) is 21.8. The van der Waals surface area contributed by atoms with E-state index < -0.39 is 97.6 Å². The number of hydroxylamine groups is 1. The minimum absolute atomic E-state index is 0.0469. The van der Waals surface area contributed by atoms with E-state index in [0.717, 1.165) is 18.6 Å².